The van der Waals surface area contributed by atoms with Gasteiger partial charge in [-0.2, -0.15) is 0 Å². The Morgan fingerprint density at radius 2 is 2.00 bits per heavy atom. The van der Waals surface area contributed by atoms with Crippen LogP contribution in [0.2, 0.25) is 0 Å². The summed E-state index contributed by atoms with van der Waals surface area (Å²) in [5, 5.41) is 19.6. The zero-order valence-electron chi connectivity index (χ0n) is 8.31. The molecule has 88 valence electrons. The van der Waals surface area contributed by atoms with E-state index >= 15 is 0 Å². The first-order chi connectivity index (χ1) is 7.07. The van der Waals surface area contributed by atoms with Gasteiger partial charge in [-0.1, -0.05) is 0 Å². The van der Waals surface area contributed by atoms with E-state index in [1.54, 1.807) is 0 Å². The lowest BCUT2D eigenvalue weighted by Crippen LogP contribution is -2.40. The highest BCUT2D eigenvalue weighted by molar-refractivity contribution is 5.80. The number of carboxylic acids is 2. The Morgan fingerprint density at radius 1 is 1.33 bits per heavy atom. The molecule has 15 heavy (non-hydrogen) atoms. The van der Waals surface area contributed by atoms with Crippen molar-refractivity contribution in [3.05, 3.63) is 0 Å². The molecule has 0 aliphatic rings. The molecular weight excluding hydrogens is 204 g/mol. The van der Waals surface area contributed by atoms with Crippen LogP contribution in [0.25, 0.3) is 0 Å². The van der Waals surface area contributed by atoms with Crippen molar-refractivity contribution in [2.45, 2.75) is 12.5 Å². The summed E-state index contributed by atoms with van der Waals surface area (Å²) in [4.78, 5) is 20.9. The Balaban J connectivity index is 3.67. The van der Waals surface area contributed by atoms with Crippen molar-refractivity contribution in [2.24, 2.45) is 5.73 Å². The third-order valence-electron chi connectivity index (χ3n) is 1.58. The topological polar surface area (TPSA) is 122 Å². The summed E-state index contributed by atoms with van der Waals surface area (Å²) in [6.45, 7) is 1.39. The standard InChI is InChI=1S/C8H16N2O5/c9-1-3-15-4-2-10-6(8(13)14)5-7(11)12/h6,10H,1-5,9H2,(H,11,12)(H,13,14). The van der Waals surface area contributed by atoms with Gasteiger partial charge in [-0.15, -0.1) is 0 Å². The van der Waals surface area contributed by atoms with Crippen molar-refractivity contribution in [3.8, 4) is 0 Å². The Morgan fingerprint density at radius 3 is 2.47 bits per heavy atom. The van der Waals surface area contributed by atoms with Crippen molar-refractivity contribution in [2.75, 3.05) is 26.3 Å². The molecule has 0 saturated carbocycles. The molecule has 0 bridgehead atoms. The number of hydrogen-bond donors (Lipinski definition) is 4. The average Bonchev–Trinajstić information content (AvgIpc) is 2.15. The van der Waals surface area contributed by atoms with Gasteiger partial charge in [-0.3, -0.25) is 9.59 Å². The van der Waals surface area contributed by atoms with Crippen LogP contribution in [0.4, 0.5) is 0 Å². The predicted molar refractivity (Wildman–Crippen MR) is 51.6 cm³/mol. The lowest BCUT2D eigenvalue weighted by molar-refractivity contribution is -0.146. The van der Waals surface area contributed by atoms with Crippen LogP contribution in [0.3, 0.4) is 0 Å². The molecule has 0 radical (unpaired) electrons. The maximum atomic E-state index is 10.6. The molecule has 0 aromatic rings. The van der Waals surface area contributed by atoms with Crippen molar-refractivity contribution in [1.29, 1.82) is 0 Å². The highest BCUT2D eigenvalue weighted by atomic mass is 16.5. The summed E-state index contributed by atoms with van der Waals surface area (Å²) in [7, 11) is 0. The Bertz CT molecular complexity index is 209. The minimum atomic E-state index is -1.18. The minimum Gasteiger partial charge on any atom is -0.481 e. The van der Waals surface area contributed by atoms with Crippen LogP contribution in [0.5, 0.6) is 0 Å². The molecule has 7 heteroatoms. The van der Waals surface area contributed by atoms with Crippen molar-refractivity contribution < 1.29 is 24.5 Å². The zero-order chi connectivity index (χ0) is 11.7. The highest BCUT2D eigenvalue weighted by Gasteiger charge is 2.19. The maximum Gasteiger partial charge on any atom is 0.321 e. The Labute approximate surface area is 87.2 Å². The zero-order valence-corrected chi connectivity index (χ0v) is 8.31. The van der Waals surface area contributed by atoms with E-state index < -0.39 is 24.4 Å². The number of nitrogens with one attached hydrogen (secondary N) is 1. The second-order valence-corrected chi connectivity index (χ2v) is 2.84. The van der Waals surface area contributed by atoms with Crippen LogP contribution in [-0.4, -0.2) is 54.5 Å². The largest absolute Gasteiger partial charge is 0.481 e. The van der Waals surface area contributed by atoms with Crippen LogP contribution < -0.4 is 11.1 Å². The van der Waals surface area contributed by atoms with E-state index in [4.69, 9.17) is 20.7 Å². The third-order valence-corrected chi connectivity index (χ3v) is 1.58. The molecule has 5 N–H and O–H groups in total. The van der Waals surface area contributed by atoms with Gasteiger partial charge in [0.05, 0.1) is 19.6 Å². The molecular formula is C8H16N2O5. The number of carboxylic acid groups (broad SMARTS) is 2. The molecule has 0 rings (SSSR count). The van der Waals surface area contributed by atoms with E-state index in [9.17, 15) is 9.59 Å². The monoisotopic (exact) mass is 220 g/mol. The molecule has 1 unspecified atom stereocenters. The summed E-state index contributed by atoms with van der Waals surface area (Å²) >= 11 is 0. The number of ether oxygens (including phenoxy) is 1. The molecule has 1 atom stereocenters. The lowest BCUT2D eigenvalue weighted by Gasteiger charge is -2.11. The van der Waals surface area contributed by atoms with Crippen LogP contribution in [0.1, 0.15) is 6.42 Å². The van der Waals surface area contributed by atoms with Gasteiger partial charge in [-0.05, 0) is 0 Å². The Kier molecular flexibility index (Phi) is 7.51. The molecule has 0 heterocycles. The molecule has 0 saturated heterocycles. The molecule has 0 amide bonds. The second kappa shape index (κ2) is 8.16. The quantitative estimate of drug-likeness (QED) is 0.348. The fraction of sp³-hybridized carbons (Fsp3) is 0.750. The number of hydrogen-bond acceptors (Lipinski definition) is 5. The van der Waals surface area contributed by atoms with Gasteiger partial charge in [0.25, 0.3) is 0 Å². The third kappa shape index (κ3) is 7.86. The Hall–Kier alpha value is -1.18. The van der Waals surface area contributed by atoms with Crippen molar-refractivity contribution in [1.82, 2.24) is 5.32 Å². The first-order valence-electron chi connectivity index (χ1n) is 4.53. The number of aliphatic carboxylic acids is 2. The SMILES string of the molecule is NCCOCCNC(CC(=O)O)C(=O)O. The van der Waals surface area contributed by atoms with E-state index in [1.807, 2.05) is 0 Å². The smallest absolute Gasteiger partial charge is 0.321 e. The van der Waals surface area contributed by atoms with E-state index in [0.29, 0.717) is 19.8 Å². The molecule has 0 fully saturated rings. The number of carbonyl (C=O) groups is 2. The van der Waals surface area contributed by atoms with Gasteiger partial charge in [0.1, 0.15) is 6.04 Å². The number of rotatable bonds is 9. The first-order valence-corrected chi connectivity index (χ1v) is 4.53. The molecule has 0 aliphatic heterocycles. The molecule has 0 spiro atoms. The molecule has 0 aliphatic carbocycles. The summed E-state index contributed by atoms with van der Waals surface area (Å²) in [5.41, 5.74) is 5.17. The van der Waals surface area contributed by atoms with Crippen LogP contribution in [0, 0.1) is 0 Å². The molecule has 7 nitrogen and oxygen atoms in total. The second-order valence-electron chi connectivity index (χ2n) is 2.84. The average molecular weight is 220 g/mol. The molecule has 0 aromatic carbocycles. The molecule has 0 aromatic heterocycles. The van der Waals surface area contributed by atoms with Crippen molar-refractivity contribution >= 4 is 11.9 Å². The lowest BCUT2D eigenvalue weighted by atomic mass is 10.2. The van der Waals surface area contributed by atoms with Gasteiger partial charge < -0.3 is 26.0 Å². The van der Waals surface area contributed by atoms with Crippen LogP contribution >= 0.6 is 0 Å². The van der Waals surface area contributed by atoms with Gasteiger partial charge in [0.15, 0.2) is 0 Å². The minimum absolute atomic E-state index is 0.282. The highest BCUT2D eigenvalue weighted by Crippen LogP contribution is 1.92. The van der Waals surface area contributed by atoms with Crippen LogP contribution in [0.15, 0.2) is 0 Å². The fourth-order valence-corrected chi connectivity index (χ4v) is 0.912. The first kappa shape index (κ1) is 13.8. The van der Waals surface area contributed by atoms with Crippen LogP contribution in [-0.2, 0) is 14.3 Å². The van der Waals surface area contributed by atoms with Gasteiger partial charge in [0, 0.05) is 13.1 Å². The van der Waals surface area contributed by atoms with E-state index in [-0.39, 0.29) is 6.54 Å². The summed E-state index contributed by atoms with van der Waals surface area (Å²) in [6, 6.07) is -1.08. The summed E-state index contributed by atoms with van der Waals surface area (Å²) in [5.74, 6) is -2.34. The van der Waals surface area contributed by atoms with Gasteiger partial charge in [0.2, 0.25) is 0 Å². The summed E-state index contributed by atoms with van der Waals surface area (Å²) < 4.78 is 4.99. The van der Waals surface area contributed by atoms with Crippen molar-refractivity contribution in [3.63, 3.8) is 0 Å². The van der Waals surface area contributed by atoms with E-state index in [2.05, 4.69) is 5.32 Å². The van der Waals surface area contributed by atoms with Gasteiger partial charge in [-0.25, -0.2) is 0 Å². The van der Waals surface area contributed by atoms with E-state index in [0.717, 1.165) is 0 Å². The predicted octanol–water partition coefficient (Wildman–Crippen LogP) is -1.52. The normalized spacial score (nSPS) is 12.3. The van der Waals surface area contributed by atoms with Gasteiger partial charge >= 0.3 is 11.9 Å². The fourth-order valence-electron chi connectivity index (χ4n) is 0.912. The summed E-state index contributed by atoms with van der Waals surface area (Å²) in [6.07, 6.45) is -0.452. The van der Waals surface area contributed by atoms with E-state index in [1.165, 1.54) is 0 Å². The number of nitrogens with two attached hydrogens (primary N) is 1. The maximum absolute atomic E-state index is 10.6.